The molecule has 0 bridgehead atoms. The second-order valence-electron chi connectivity index (χ2n) is 3.58. The van der Waals surface area contributed by atoms with Crippen LogP contribution in [0, 0.1) is 0 Å². The molecule has 1 aliphatic heterocycles. The zero-order chi connectivity index (χ0) is 9.84. The van der Waals surface area contributed by atoms with E-state index in [1.165, 1.54) is 0 Å². The van der Waals surface area contributed by atoms with Gasteiger partial charge in [0.15, 0.2) is 0 Å². The van der Waals surface area contributed by atoms with Crippen LogP contribution in [0.4, 0.5) is 0 Å². The molecule has 0 aromatic carbocycles. The minimum absolute atomic E-state index is 0.0219. The van der Waals surface area contributed by atoms with Gasteiger partial charge < -0.3 is 10.1 Å². The highest BCUT2D eigenvalue weighted by Crippen LogP contribution is 2.18. The second kappa shape index (κ2) is 4.82. The standard InChI is InChI=1S/C9H16ClNO2/c1-6(5-10)11-9(12)8-4-3-7(2)13-8/h6-8H,3-5H2,1-2H3,(H,11,12). The number of hydrogen-bond acceptors (Lipinski definition) is 2. The van der Waals surface area contributed by atoms with Crippen LogP contribution in [0.1, 0.15) is 26.7 Å². The van der Waals surface area contributed by atoms with Crippen molar-refractivity contribution in [2.24, 2.45) is 0 Å². The molecule has 1 heterocycles. The van der Waals surface area contributed by atoms with Crippen molar-refractivity contribution in [3.8, 4) is 0 Å². The SMILES string of the molecule is CC(CCl)NC(=O)C1CCC(C)O1. The summed E-state index contributed by atoms with van der Waals surface area (Å²) < 4.78 is 5.41. The molecule has 1 aliphatic rings. The molecule has 0 radical (unpaired) electrons. The third-order valence-electron chi connectivity index (χ3n) is 2.14. The Hall–Kier alpha value is -0.280. The lowest BCUT2D eigenvalue weighted by Gasteiger charge is -2.14. The van der Waals surface area contributed by atoms with Crippen molar-refractivity contribution in [2.45, 2.75) is 44.9 Å². The van der Waals surface area contributed by atoms with E-state index in [-0.39, 0.29) is 24.2 Å². The van der Waals surface area contributed by atoms with Gasteiger partial charge in [0.25, 0.3) is 0 Å². The third-order valence-corrected chi connectivity index (χ3v) is 2.61. The van der Waals surface area contributed by atoms with Gasteiger partial charge >= 0.3 is 0 Å². The highest BCUT2D eigenvalue weighted by atomic mass is 35.5. The summed E-state index contributed by atoms with van der Waals surface area (Å²) >= 11 is 5.58. The van der Waals surface area contributed by atoms with Crippen molar-refractivity contribution in [1.82, 2.24) is 5.32 Å². The summed E-state index contributed by atoms with van der Waals surface area (Å²) in [7, 11) is 0. The first-order chi connectivity index (χ1) is 6.13. The predicted octanol–water partition coefficient (Wildman–Crippen LogP) is 1.30. The Morgan fingerprint density at radius 3 is 2.85 bits per heavy atom. The molecule has 1 N–H and O–H groups in total. The van der Waals surface area contributed by atoms with E-state index in [0.717, 1.165) is 12.8 Å². The third kappa shape index (κ3) is 3.16. The summed E-state index contributed by atoms with van der Waals surface area (Å²) in [5.74, 6) is 0.408. The van der Waals surface area contributed by atoms with Crippen LogP contribution in [0.2, 0.25) is 0 Å². The normalized spacial score (nSPS) is 30.1. The van der Waals surface area contributed by atoms with Gasteiger partial charge in [-0.3, -0.25) is 4.79 Å². The Balaban J connectivity index is 2.31. The van der Waals surface area contributed by atoms with Gasteiger partial charge in [-0.1, -0.05) is 0 Å². The first-order valence-electron chi connectivity index (χ1n) is 4.65. The summed E-state index contributed by atoms with van der Waals surface area (Å²) in [5, 5.41) is 2.80. The molecule has 3 nitrogen and oxygen atoms in total. The molecule has 0 aromatic heterocycles. The Morgan fingerprint density at radius 1 is 1.69 bits per heavy atom. The van der Waals surface area contributed by atoms with Gasteiger partial charge in [-0.2, -0.15) is 0 Å². The van der Waals surface area contributed by atoms with E-state index in [9.17, 15) is 4.79 Å². The lowest BCUT2D eigenvalue weighted by atomic mass is 10.2. The molecule has 0 spiro atoms. The first-order valence-corrected chi connectivity index (χ1v) is 5.18. The molecule has 3 unspecified atom stereocenters. The number of nitrogens with one attached hydrogen (secondary N) is 1. The molecule has 0 aliphatic carbocycles. The minimum Gasteiger partial charge on any atom is -0.365 e. The molecule has 0 aromatic rings. The molecule has 3 atom stereocenters. The Morgan fingerprint density at radius 2 is 2.38 bits per heavy atom. The highest BCUT2D eigenvalue weighted by molar-refractivity contribution is 6.18. The van der Waals surface area contributed by atoms with Gasteiger partial charge in [-0.05, 0) is 26.7 Å². The zero-order valence-electron chi connectivity index (χ0n) is 8.05. The summed E-state index contributed by atoms with van der Waals surface area (Å²) in [5.41, 5.74) is 0. The summed E-state index contributed by atoms with van der Waals surface area (Å²) in [6.45, 7) is 3.86. The van der Waals surface area contributed by atoms with Gasteiger partial charge in [-0.25, -0.2) is 0 Å². The van der Waals surface area contributed by atoms with Crippen LogP contribution in [-0.2, 0) is 9.53 Å². The van der Waals surface area contributed by atoms with Gasteiger partial charge in [0.1, 0.15) is 6.10 Å². The van der Waals surface area contributed by atoms with Crippen LogP contribution < -0.4 is 5.32 Å². The number of rotatable bonds is 3. The number of ether oxygens (including phenoxy) is 1. The van der Waals surface area contributed by atoms with E-state index in [1.54, 1.807) is 0 Å². The van der Waals surface area contributed by atoms with Gasteiger partial charge in [0, 0.05) is 11.9 Å². The fourth-order valence-corrected chi connectivity index (χ4v) is 1.45. The largest absolute Gasteiger partial charge is 0.365 e. The van der Waals surface area contributed by atoms with Gasteiger partial charge in [-0.15, -0.1) is 11.6 Å². The maximum atomic E-state index is 11.5. The fourth-order valence-electron chi connectivity index (χ4n) is 1.37. The Labute approximate surface area is 83.8 Å². The monoisotopic (exact) mass is 205 g/mol. The zero-order valence-corrected chi connectivity index (χ0v) is 8.80. The van der Waals surface area contributed by atoms with E-state index >= 15 is 0 Å². The van der Waals surface area contributed by atoms with Crippen LogP contribution in [-0.4, -0.2) is 30.0 Å². The molecule has 13 heavy (non-hydrogen) atoms. The average Bonchev–Trinajstić information content (AvgIpc) is 2.51. The number of carbonyl (C=O) groups excluding carboxylic acids is 1. The molecular formula is C9H16ClNO2. The van der Waals surface area contributed by atoms with E-state index in [0.29, 0.717) is 5.88 Å². The van der Waals surface area contributed by atoms with E-state index in [4.69, 9.17) is 16.3 Å². The number of halogens is 1. The van der Waals surface area contributed by atoms with E-state index < -0.39 is 0 Å². The number of amides is 1. The smallest absolute Gasteiger partial charge is 0.249 e. The molecule has 1 amide bonds. The van der Waals surface area contributed by atoms with Crippen molar-refractivity contribution in [1.29, 1.82) is 0 Å². The Bertz CT molecular complexity index is 186. The van der Waals surface area contributed by atoms with Gasteiger partial charge in [0.2, 0.25) is 5.91 Å². The highest BCUT2D eigenvalue weighted by Gasteiger charge is 2.28. The summed E-state index contributed by atoms with van der Waals surface area (Å²) in [6, 6.07) is 0.0219. The van der Waals surface area contributed by atoms with Crippen molar-refractivity contribution < 1.29 is 9.53 Å². The predicted molar refractivity (Wildman–Crippen MR) is 51.9 cm³/mol. The lowest BCUT2D eigenvalue weighted by molar-refractivity contribution is -0.132. The Kier molecular flexibility index (Phi) is 4.00. The van der Waals surface area contributed by atoms with Crippen LogP contribution >= 0.6 is 11.6 Å². The van der Waals surface area contributed by atoms with Crippen LogP contribution in [0.25, 0.3) is 0 Å². The molecular weight excluding hydrogens is 190 g/mol. The van der Waals surface area contributed by atoms with Crippen molar-refractivity contribution >= 4 is 17.5 Å². The lowest BCUT2D eigenvalue weighted by Crippen LogP contribution is -2.40. The van der Waals surface area contributed by atoms with E-state index in [1.807, 2.05) is 13.8 Å². The average molecular weight is 206 g/mol. The molecule has 1 saturated heterocycles. The van der Waals surface area contributed by atoms with Crippen molar-refractivity contribution in [3.63, 3.8) is 0 Å². The number of alkyl halides is 1. The summed E-state index contributed by atoms with van der Waals surface area (Å²) in [4.78, 5) is 11.5. The summed E-state index contributed by atoms with van der Waals surface area (Å²) in [6.07, 6.45) is 1.73. The van der Waals surface area contributed by atoms with Crippen molar-refractivity contribution in [2.75, 3.05) is 5.88 Å². The molecule has 1 rings (SSSR count). The van der Waals surface area contributed by atoms with Crippen LogP contribution in [0.5, 0.6) is 0 Å². The van der Waals surface area contributed by atoms with Crippen LogP contribution in [0.15, 0.2) is 0 Å². The van der Waals surface area contributed by atoms with Gasteiger partial charge in [0.05, 0.1) is 6.10 Å². The molecule has 76 valence electrons. The van der Waals surface area contributed by atoms with Crippen molar-refractivity contribution in [3.05, 3.63) is 0 Å². The second-order valence-corrected chi connectivity index (χ2v) is 3.89. The molecule has 0 saturated carbocycles. The van der Waals surface area contributed by atoms with Crippen LogP contribution in [0.3, 0.4) is 0 Å². The minimum atomic E-state index is -0.263. The van der Waals surface area contributed by atoms with E-state index in [2.05, 4.69) is 5.32 Å². The fraction of sp³-hybridized carbons (Fsp3) is 0.889. The first kappa shape index (κ1) is 10.8. The topological polar surface area (TPSA) is 38.3 Å². The maximum absolute atomic E-state index is 11.5. The molecule has 1 fully saturated rings. The number of carbonyl (C=O) groups is 1. The quantitative estimate of drug-likeness (QED) is 0.706. The maximum Gasteiger partial charge on any atom is 0.249 e. The number of hydrogen-bond donors (Lipinski definition) is 1. The molecule has 4 heteroatoms.